The van der Waals surface area contributed by atoms with E-state index in [1.54, 1.807) is 26.1 Å². The summed E-state index contributed by atoms with van der Waals surface area (Å²) in [4.78, 5) is 20.7. The summed E-state index contributed by atoms with van der Waals surface area (Å²) in [6.45, 7) is 6.29. The highest BCUT2D eigenvalue weighted by atomic mass is 16.5. The third-order valence-electron chi connectivity index (χ3n) is 5.35. The van der Waals surface area contributed by atoms with Crippen molar-refractivity contribution in [3.8, 4) is 5.75 Å². The van der Waals surface area contributed by atoms with Gasteiger partial charge in [-0.1, -0.05) is 18.6 Å². The molecule has 29 heavy (non-hydrogen) atoms. The van der Waals surface area contributed by atoms with Gasteiger partial charge in [-0.15, -0.1) is 0 Å². The molecule has 7 nitrogen and oxygen atoms in total. The minimum absolute atomic E-state index is 0.0191. The summed E-state index contributed by atoms with van der Waals surface area (Å²) >= 11 is 0. The molecule has 2 rings (SSSR count). The van der Waals surface area contributed by atoms with Crippen LogP contribution in [0.2, 0.25) is 0 Å². The lowest BCUT2D eigenvalue weighted by molar-refractivity contribution is -0.127. The number of benzene rings is 1. The number of guanidine groups is 1. The summed E-state index contributed by atoms with van der Waals surface area (Å²) in [7, 11) is 5.17. The van der Waals surface area contributed by atoms with Gasteiger partial charge in [0.15, 0.2) is 5.96 Å². The van der Waals surface area contributed by atoms with E-state index in [1.807, 2.05) is 24.3 Å². The third-order valence-corrected chi connectivity index (χ3v) is 5.35. The number of rotatable bonds is 9. The molecule has 162 valence electrons. The molecular formula is C22H37N5O2. The minimum Gasteiger partial charge on any atom is -0.497 e. The molecule has 1 aliphatic heterocycles. The van der Waals surface area contributed by atoms with E-state index in [-0.39, 0.29) is 12.5 Å². The molecular weight excluding hydrogens is 366 g/mol. The zero-order chi connectivity index (χ0) is 21.1. The molecule has 1 heterocycles. The molecule has 1 atom stereocenters. The summed E-state index contributed by atoms with van der Waals surface area (Å²) in [6, 6.07) is 8.42. The van der Waals surface area contributed by atoms with Gasteiger partial charge < -0.3 is 25.2 Å². The van der Waals surface area contributed by atoms with Gasteiger partial charge in [-0.2, -0.15) is 0 Å². The predicted octanol–water partition coefficient (Wildman–Crippen LogP) is 2.08. The standard InChI is InChI=1S/C22H37N5O2/c1-18(27-14-6-5-7-15-27)12-13-23-22(25-17-21(28)26(2)3)24-16-19-8-10-20(29-4)11-9-19/h8-11,18H,5-7,12-17H2,1-4H3,(H2,23,24,25). The highest BCUT2D eigenvalue weighted by Gasteiger charge is 2.16. The van der Waals surface area contributed by atoms with Crippen LogP contribution in [0.25, 0.3) is 0 Å². The summed E-state index contributed by atoms with van der Waals surface area (Å²) < 4.78 is 5.20. The fraction of sp³-hybridized carbons (Fsp3) is 0.636. The Morgan fingerprint density at radius 3 is 2.48 bits per heavy atom. The Morgan fingerprint density at radius 1 is 1.17 bits per heavy atom. The first-order valence-corrected chi connectivity index (χ1v) is 10.6. The Morgan fingerprint density at radius 2 is 1.86 bits per heavy atom. The highest BCUT2D eigenvalue weighted by Crippen LogP contribution is 2.14. The lowest BCUT2D eigenvalue weighted by atomic mass is 10.1. The Kier molecular flexibility index (Phi) is 9.77. The predicted molar refractivity (Wildman–Crippen MR) is 118 cm³/mol. The Labute approximate surface area is 175 Å². The van der Waals surface area contributed by atoms with E-state index in [4.69, 9.17) is 4.74 Å². The summed E-state index contributed by atoms with van der Waals surface area (Å²) in [5.41, 5.74) is 1.09. The van der Waals surface area contributed by atoms with Crippen LogP contribution in [0.3, 0.4) is 0 Å². The molecule has 0 spiro atoms. The topological polar surface area (TPSA) is 69.2 Å². The van der Waals surface area contributed by atoms with Gasteiger partial charge in [-0.25, -0.2) is 4.99 Å². The van der Waals surface area contributed by atoms with Crippen LogP contribution < -0.4 is 15.4 Å². The number of ether oxygens (including phenoxy) is 1. The van der Waals surface area contributed by atoms with Crippen molar-refractivity contribution in [3.63, 3.8) is 0 Å². The van der Waals surface area contributed by atoms with Crippen LogP contribution in [0, 0.1) is 0 Å². The van der Waals surface area contributed by atoms with Gasteiger partial charge in [0.05, 0.1) is 20.2 Å². The first-order chi connectivity index (χ1) is 14.0. The number of aliphatic imine (C=N–C) groups is 1. The molecule has 1 fully saturated rings. The monoisotopic (exact) mass is 403 g/mol. The molecule has 1 unspecified atom stereocenters. The van der Waals surface area contributed by atoms with Crippen LogP contribution in [-0.2, 0) is 11.3 Å². The van der Waals surface area contributed by atoms with Gasteiger partial charge in [0.2, 0.25) is 5.91 Å². The SMILES string of the molecule is COc1ccc(CN=C(NCCC(C)N2CCCCC2)NCC(=O)N(C)C)cc1. The van der Waals surface area contributed by atoms with Crippen LogP contribution in [0.5, 0.6) is 5.75 Å². The van der Waals surface area contributed by atoms with Crippen molar-refractivity contribution >= 4 is 11.9 Å². The molecule has 0 radical (unpaired) electrons. The number of carbonyl (C=O) groups excluding carboxylic acids is 1. The number of likely N-dealkylation sites (N-methyl/N-ethyl adjacent to an activating group) is 1. The lowest BCUT2D eigenvalue weighted by Crippen LogP contribution is -2.45. The zero-order valence-corrected chi connectivity index (χ0v) is 18.4. The maximum absolute atomic E-state index is 11.9. The first kappa shape index (κ1) is 23.0. The van der Waals surface area contributed by atoms with E-state index in [0.29, 0.717) is 18.5 Å². The summed E-state index contributed by atoms with van der Waals surface area (Å²) in [6.07, 6.45) is 5.01. The fourth-order valence-corrected chi connectivity index (χ4v) is 3.33. The number of amides is 1. The lowest BCUT2D eigenvalue weighted by Gasteiger charge is -2.32. The van der Waals surface area contributed by atoms with Crippen molar-refractivity contribution in [2.75, 3.05) is 47.4 Å². The molecule has 1 saturated heterocycles. The average Bonchev–Trinajstić information content (AvgIpc) is 2.75. The van der Waals surface area contributed by atoms with Crippen molar-refractivity contribution < 1.29 is 9.53 Å². The second-order valence-corrected chi connectivity index (χ2v) is 7.82. The Hall–Kier alpha value is -2.28. The van der Waals surface area contributed by atoms with Gasteiger partial charge in [0.25, 0.3) is 0 Å². The number of likely N-dealkylation sites (tertiary alicyclic amines) is 1. The number of hydrogen-bond donors (Lipinski definition) is 2. The Bertz CT molecular complexity index is 639. The summed E-state index contributed by atoms with van der Waals surface area (Å²) in [5.74, 6) is 1.52. The normalized spacial score (nSPS) is 16.2. The largest absolute Gasteiger partial charge is 0.497 e. The maximum Gasteiger partial charge on any atom is 0.241 e. The number of methoxy groups -OCH3 is 1. The second-order valence-electron chi connectivity index (χ2n) is 7.82. The van der Waals surface area contributed by atoms with E-state index < -0.39 is 0 Å². The molecule has 1 aromatic rings. The number of hydrogen-bond acceptors (Lipinski definition) is 4. The molecule has 0 saturated carbocycles. The highest BCUT2D eigenvalue weighted by molar-refractivity contribution is 5.86. The number of nitrogens with zero attached hydrogens (tertiary/aromatic N) is 3. The second kappa shape index (κ2) is 12.3. The van der Waals surface area contributed by atoms with E-state index >= 15 is 0 Å². The number of carbonyl (C=O) groups is 1. The number of nitrogens with one attached hydrogen (secondary N) is 2. The van der Waals surface area contributed by atoms with Crippen LogP contribution >= 0.6 is 0 Å². The molecule has 1 aliphatic rings. The van der Waals surface area contributed by atoms with Crippen LogP contribution in [0.4, 0.5) is 0 Å². The fourth-order valence-electron chi connectivity index (χ4n) is 3.33. The van der Waals surface area contributed by atoms with Crippen molar-refractivity contribution in [2.24, 2.45) is 4.99 Å². The molecule has 1 aromatic carbocycles. The Balaban J connectivity index is 1.89. The molecule has 1 amide bonds. The smallest absolute Gasteiger partial charge is 0.241 e. The minimum atomic E-state index is 0.0191. The average molecular weight is 404 g/mol. The van der Waals surface area contributed by atoms with Crippen molar-refractivity contribution in [1.29, 1.82) is 0 Å². The molecule has 0 aromatic heterocycles. The van der Waals surface area contributed by atoms with E-state index in [0.717, 1.165) is 24.3 Å². The molecule has 2 N–H and O–H groups in total. The van der Waals surface area contributed by atoms with Crippen LogP contribution in [0.15, 0.2) is 29.3 Å². The zero-order valence-electron chi connectivity index (χ0n) is 18.4. The van der Waals surface area contributed by atoms with E-state index in [9.17, 15) is 4.79 Å². The first-order valence-electron chi connectivity index (χ1n) is 10.6. The maximum atomic E-state index is 11.9. The van der Waals surface area contributed by atoms with Gasteiger partial charge in [-0.05, 0) is 57.0 Å². The van der Waals surface area contributed by atoms with Crippen molar-refractivity contribution in [1.82, 2.24) is 20.4 Å². The molecule has 0 bridgehead atoms. The van der Waals surface area contributed by atoms with Crippen LogP contribution in [0.1, 0.15) is 38.2 Å². The van der Waals surface area contributed by atoms with Gasteiger partial charge >= 0.3 is 0 Å². The van der Waals surface area contributed by atoms with E-state index in [2.05, 4.69) is 27.4 Å². The molecule has 0 aliphatic carbocycles. The van der Waals surface area contributed by atoms with E-state index in [1.165, 1.54) is 32.4 Å². The third kappa shape index (κ3) is 8.31. The van der Waals surface area contributed by atoms with Crippen LogP contribution in [-0.4, -0.2) is 75.1 Å². The quantitative estimate of drug-likeness (QED) is 0.488. The van der Waals surface area contributed by atoms with Gasteiger partial charge in [0, 0.05) is 26.7 Å². The molecule has 7 heteroatoms. The van der Waals surface area contributed by atoms with Gasteiger partial charge in [-0.3, -0.25) is 4.79 Å². The van der Waals surface area contributed by atoms with Crippen molar-refractivity contribution in [3.05, 3.63) is 29.8 Å². The summed E-state index contributed by atoms with van der Waals surface area (Å²) in [5, 5.41) is 6.55. The van der Waals surface area contributed by atoms with Gasteiger partial charge in [0.1, 0.15) is 5.75 Å². The number of piperidine rings is 1. The van der Waals surface area contributed by atoms with Crippen molar-refractivity contribution in [2.45, 2.75) is 45.2 Å².